The summed E-state index contributed by atoms with van der Waals surface area (Å²) in [7, 11) is 0. The fourth-order valence-corrected chi connectivity index (χ4v) is 5.75. The van der Waals surface area contributed by atoms with Crippen molar-refractivity contribution in [1.82, 2.24) is 0 Å². The lowest BCUT2D eigenvalue weighted by atomic mass is 9.66. The second kappa shape index (κ2) is 10.2. The van der Waals surface area contributed by atoms with Crippen molar-refractivity contribution in [2.45, 2.75) is 65.3 Å². The van der Waals surface area contributed by atoms with Gasteiger partial charge in [0.25, 0.3) is 0 Å². The van der Waals surface area contributed by atoms with E-state index in [1.54, 1.807) is 0 Å². The van der Waals surface area contributed by atoms with E-state index in [0.29, 0.717) is 37.6 Å². The molecule has 0 spiro atoms. The van der Waals surface area contributed by atoms with Crippen LogP contribution in [0.3, 0.4) is 0 Å². The van der Waals surface area contributed by atoms with Crippen LogP contribution < -0.4 is 9.47 Å². The zero-order valence-electron chi connectivity index (χ0n) is 21.1. The number of ether oxygens (including phenoxy) is 3. The molecule has 0 heterocycles. The van der Waals surface area contributed by atoms with Crippen molar-refractivity contribution in [1.29, 1.82) is 0 Å². The molecule has 0 amide bonds. The number of Topliss-reactive ketones (excluding diaryl/α,β-unsaturated/α-hetero) is 1. The van der Waals surface area contributed by atoms with Gasteiger partial charge in [-0.25, -0.2) is 0 Å². The summed E-state index contributed by atoms with van der Waals surface area (Å²) in [6, 6.07) is 19.9. The number of hydrogen-bond acceptors (Lipinski definition) is 5. The second-order valence-corrected chi connectivity index (χ2v) is 9.92. The minimum Gasteiger partial charge on any atom is -0.485 e. The molecule has 3 atom stereocenters. The summed E-state index contributed by atoms with van der Waals surface area (Å²) in [6.07, 6.45) is 1.60. The fraction of sp³-hybridized carbons (Fsp3) is 0.355. The molecule has 186 valence electrons. The number of ketones is 1. The van der Waals surface area contributed by atoms with Crippen molar-refractivity contribution in [3.63, 3.8) is 0 Å². The van der Waals surface area contributed by atoms with Crippen LogP contribution in [0.25, 0.3) is 0 Å². The summed E-state index contributed by atoms with van der Waals surface area (Å²) in [6.45, 7) is 6.20. The van der Waals surface area contributed by atoms with Gasteiger partial charge in [-0.3, -0.25) is 9.59 Å². The highest BCUT2D eigenvalue weighted by Gasteiger charge is 2.43. The SMILES string of the molecule is CC(=O)O[C@@H]1CC[C@H]2c3c(c(C)c(OCc4ccccc4)c(OCc4ccccc4)c31)C(=O)C[C@@H]2C. The molecule has 0 saturated heterocycles. The molecule has 0 bridgehead atoms. The van der Waals surface area contributed by atoms with E-state index >= 15 is 0 Å². The van der Waals surface area contributed by atoms with Gasteiger partial charge in [0.2, 0.25) is 0 Å². The number of carbonyl (C=O) groups is 2. The minimum absolute atomic E-state index is 0.121. The average molecular weight is 485 g/mol. The fourth-order valence-electron chi connectivity index (χ4n) is 5.75. The van der Waals surface area contributed by atoms with Crippen LogP contribution in [0.1, 0.15) is 83.3 Å². The van der Waals surface area contributed by atoms with Gasteiger partial charge in [-0.05, 0) is 48.3 Å². The van der Waals surface area contributed by atoms with Gasteiger partial charge in [0.15, 0.2) is 17.3 Å². The molecule has 3 aromatic rings. The smallest absolute Gasteiger partial charge is 0.303 e. The summed E-state index contributed by atoms with van der Waals surface area (Å²) in [5.74, 6) is 1.37. The molecule has 5 nitrogen and oxygen atoms in total. The van der Waals surface area contributed by atoms with Gasteiger partial charge in [-0.2, -0.15) is 0 Å². The molecule has 0 radical (unpaired) electrons. The molecule has 2 aliphatic rings. The Labute approximate surface area is 212 Å². The van der Waals surface area contributed by atoms with Crippen LogP contribution in [0.15, 0.2) is 60.7 Å². The molecule has 3 aromatic carbocycles. The standard InChI is InChI=1S/C31H32O5/c1-19-16-25(33)27-20(2)30(34-17-22-10-6-4-7-11-22)31(35-18-23-12-8-5-9-13-23)29-26(36-21(3)32)15-14-24(19)28(27)29/h4-13,19,24,26H,14-18H2,1-3H3/t19-,24+,26+/m0/s1. The van der Waals surface area contributed by atoms with Crippen LogP contribution in [-0.2, 0) is 22.7 Å². The summed E-state index contributed by atoms with van der Waals surface area (Å²) < 4.78 is 18.8. The highest BCUT2D eigenvalue weighted by Crippen LogP contribution is 2.56. The summed E-state index contributed by atoms with van der Waals surface area (Å²) in [5, 5.41) is 0. The minimum atomic E-state index is -0.476. The van der Waals surface area contributed by atoms with E-state index < -0.39 is 6.10 Å². The molecule has 0 aromatic heterocycles. The first-order valence-corrected chi connectivity index (χ1v) is 12.7. The number of rotatable bonds is 7. The first-order valence-electron chi connectivity index (χ1n) is 12.7. The lowest BCUT2D eigenvalue weighted by molar-refractivity contribution is -0.147. The highest BCUT2D eigenvalue weighted by atomic mass is 16.5. The molecule has 5 heteroatoms. The molecule has 5 rings (SSSR count). The third kappa shape index (κ3) is 4.62. The van der Waals surface area contributed by atoms with E-state index in [0.717, 1.165) is 39.8 Å². The monoisotopic (exact) mass is 484 g/mol. The molecule has 0 fully saturated rings. The van der Waals surface area contributed by atoms with Crippen molar-refractivity contribution in [3.05, 3.63) is 94.0 Å². The van der Waals surface area contributed by atoms with E-state index in [9.17, 15) is 9.59 Å². The predicted octanol–water partition coefficient (Wildman–Crippen LogP) is 6.86. The number of carbonyl (C=O) groups excluding carboxylic acids is 2. The lowest BCUT2D eigenvalue weighted by Gasteiger charge is -2.40. The van der Waals surface area contributed by atoms with Gasteiger partial charge in [0.1, 0.15) is 19.3 Å². The van der Waals surface area contributed by atoms with Crippen LogP contribution in [0.2, 0.25) is 0 Å². The lowest BCUT2D eigenvalue weighted by Crippen LogP contribution is -2.31. The highest BCUT2D eigenvalue weighted by molar-refractivity contribution is 6.02. The van der Waals surface area contributed by atoms with Crippen molar-refractivity contribution < 1.29 is 23.8 Å². The van der Waals surface area contributed by atoms with E-state index in [4.69, 9.17) is 14.2 Å². The van der Waals surface area contributed by atoms with Crippen LogP contribution in [-0.4, -0.2) is 11.8 Å². The topological polar surface area (TPSA) is 61.8 Å². The number of hydrogen-bond donors (Lipinski definition) is 0. The van der Waals surface area contributed by atoms with Crippen molar-refractivity contribution >= 4 is 11.8 Å². The second-order valence-electron chi connectivity index (χ2n) is 9.92. The Morgan fingerprint density at radius 1 is 0.861 bits per heavy atom. The Morgan fingerprint density at radius 3 is 2.03 bits per heavy atom. The van der Waals surface area contributed by atoms with E-state index in [1.807, 2.05) is 67.6 Å². The Morgan fingerprint density at radius 2 is 1.44 bits per heavy atom. The van der Waals surface area contributed by atoms with Crippen molar-refractivity contribution in [2.75, 3.05) is 0 Å². The number of benzene rings is 3. The predicted molar refractivity (Wildman–Crippen MR) is 137 cm³/mol. The number of esters is 1. The maximum absolute atomic E-state index is 13.4. The Bertz CT molecular complexity index is 1270. The van der Waals surface area contributed by atoms with Gasteiger partial charge in [0.05, 0.1) is 0 Å². The van der Waals surface area contributed by atoms with Crippen molar-refractivity contribution in [3.8, 4) is 11.5 Å². The third-order valence-corrected chi connectivity index (χ3v) is 7.39. The zero-order valence-corrected chi connectivity index (χ0v) is 21.1. The van der Waals surface area contributed by atoms with Gasteiger partial charge < -0.3 is 14.2 Å². The van der Waals surface area contributed by atoms with Crippen molar-refractivity contribution in [2.24, 2.45) is 5.92 Å². The maximum Gasteiger partial charge on any atom is 0.303 e. The van der Waals surface area contributed by atoms with Crippen LogP contribution in [0.4, 0.5) is 0 Å². The quantitative estimate of drug-likeness (QED) is 0.343. The van der Waals surface area contributed by atoms with Crippen LogP contribution in [0.5, 0.6) is 11.5 Å². The van der Waals surface area contributed by atoms with Crippen LogP contribution >= 0.6 is 0 Å². The summed E-state index contributed by atoms with van der Waals surface area (Å²) in [4.78, 5) is 25.5. The van der Waals surface area contributed by atoms with E-state index in [-0.39, 0.29) is 23.6 Å². The van der Waals surface area contributed by atoms with Crippen LogP contribution in [0, 0.1) is 12.8 Å². The normalized spacial score (nSPS) is 20.4. The Kier molecular flexibility index (Phi) is 6.82. The van der Waals surface area contributed by atoms with Gasteiger partial charge in [0, 0.05) is 30.0 Å². The molecule has 36 heavy (non-hydrogen) atoms. The molecule has 0 aliphatic heterocycles. The van der Waals surface area contributed by atoms with E-state index in [1.165, 1.54) is 6.92 Å². The third-order valence-electron chi connectivity index (χ3n) is 7.39. The first kappa shape index (κ1) is 24.1. The zero-order chi connectivity index (χ0) is 25.2. The largest absolute Gasteiger partial charge is 0.485 e. The Balaban J connectivity index is 1.67. The summed E-state index contributed by atoms with van der Waals surface area (Å²) in [5.41, 5.74) is 5.37. The first-order chi connectivity index (χ1) is 17.4. The Hall–Kier alpha value is -3.60. The average Bonchev–Trinajstić information content (AvgIpc) is 2.87. The molecule has 2 aliphatic carbocycles. The molecule has 0 unspecified atom stereocenters. The van der Waals surface area contributed by atoms with Gasteiger partial charge >= 0.3 is 5.97 Å². The maximum atomic E-state index is 13.4. The molecular weight excluding hydrogens is 452 g/mol. The molecule has 0 N–H and O–H groups in total. The molecular formula is C31H32O5. The van der Waals surface area contributed by atoms with E-state index in [2.05, 4.69) is 6.92 Å². The van der Waals surface area contributed by atoms with Gasteiger partial charge in [-0.1, -0.05) is 67.6 Å². The molecule has 0 saturated carbocycles. The van der Waals surface area contributed by atoms with Gasteiger partial charge in [-0.15, -0.1) is 0 Å². The summed E-state index contributed by atoms with van der Waals surface area (Å²) >= 11 is 0.